The van der Waals surface area contributed by atoms with Crippen LogP contribution in [0.15, 0.2) is 103 Å². The molecule has 1 fully saturated rings. The lowest BCUT2D eigenvalue weighted by Gasteiger charge is -2.31. The van der Waals surface area contributed by atoms with E-state index < -0.39 is 18.1 Å². The molecule has 0 aliphatic carbocycles. The van der Waals surface area contributed by atoms with Crippen molar-refractivity contribution in [2.75, 3.05) is 32.1 Å². The molecule has 9 heteroatoms. The van der Waals surface area contributed by atoms with E-state index in [0.29, 0.717) is 37.4 Å². The Hall–Kier alpha value is -5.17. The number of nitrogens with zero attached hydrogens (tertiary/aromatic N) is 1. The molecule has 1 aliphatic heterocycles. The number of amides is 2. The zero-order valence-electron chi connectivity index (χ0n) is 26.6. The molecule has 1 heterocycles. The standard InChI is InChI=1S/C38H40N4O5/c1-26-21-27(22-39)17-20-34(26)46-25-32-24-40-23-31(47-32)19-18-28-11-9-10-16-33(28)41-37(43)36(42-38(44)45-2)35(29-12-5-3-6-13-29)30-14-7-4-8-15-30/h3-17,20-21,31-32,35-36,40H,18-19,23-25H2,1-2H3,(H,41,43)(H,42,44)/t31-,32+,36?/m1/s1. The summed E-state index contributed by atoms with van der Waals surface area (Å²) in [7, 11) is 1.28. The largest absolute Gasteiger partial charge is 0.491 e. The van der Waals surface area contributed by atoms with Gasteiger partial charge in [-0.3, -0.25) is 4.79 Å². The topological polar surface area (TPSA) is 122 Å². The summed E-state index contributed by atoms with van der Waals surface area (Å²) in [6.07, 6.45) is 0.535. The van der Waals surface area contributed by atoms with Crippen LogP contribution < -0.4 is 20.7 Å². The van der Waals surface area contributed by atoms with E-state index in [-0.39, 0.29) is 18.1 Å². The summed E-state index contributed by atoms with van der Waals surface area (Å²) in [5.41, 5.74) is 4.92. The summed E-state index contributed by atoms with van der Waals surface area (Å²) in [4.78, 5) is 26.6. The van der Waals surface area contributed by atoms with E-state index in [4.69, 9.17) is 19.5 Å². The third-order valence-electron chi connectivity index (χ3n) is 8.26. The third kappa shape index (κ3) is 8.97. The highest BCUT2D eigenvalue weighted by atomic mass is 16.5. The predicted octanol–water partition coefficient (Wildman–Crippen LogP) is 5.73. The van der Waals surface area contributed by atoms with Crippen molar-refractivity contribution in [1.29, 1.82) is 5.26 Å². The SMILES string of the molecule is COC(=O)NC(C(=O)Nc1ccccc1CC[C@@H]1CNC[C@@H](COc2ccc(C#N)cc2C)O1)C(c1ccccc1)c1ccccc1. The maximum absolute atomic E-state index is 14.1. The lowest BCUT2D eigenvalue weighted by molar-refractivity contribution is -0.118. The smallest absolute Gasteiger partial charge is 0.407 e. The Bertz CT molecular complexity index is 1640. The Morgan fingerprint density at radius 2 is 1.60 bits per heavy atom. The molecule has 0 saturated carbocycles. The number of carbonyl (C=O) groups is 2. The average Bonchev–Trinajstić information content (AvgIpc) is 3.11. The molecule has 2 amide bonds. The normalized spacial score (nSPS) is 16.5. The van der Waals surface area contributed by atoms with E-state index in [2.05, 4.69) is 22.0 Å². The second-order valence-electron chi connectivity index (χ2n) is 11.5. The fourth-order valence-corrected chi connectivity index (χ4v) is 5.88. The van der Waals surface area contributed by atoms with Crippen LogP contribution in [-0.2, 0) is 20.7 Å². The minimum Gasteiger partial charge on any atom is -0.491 e. The van der Waals surface area contributed by atoms with Crippen LogP contribution in [0.5, 0.6) is 5.75 Å². The number of nitrogens with one attached hydrogen (secondary N) is 3. The van der Waals surface area contributed by atoms with Crippen molar-refractivity contribution in [3.63, 3.8) is 0 Å². The van der Waals surface area contributed by atoms with E-state index in [9.17, 15) is 9.59 Å². The number of ether oxygens (including phenoxy) is 3. The first-order valence-electron chi connectivity index (χ1n) is 15.8. The molecule has 242 valence electrons. The first-order chi connectivity index (χ1) is 22.9. The summed E-state index contributed by atoms with van der Waals surface area (Å²) in [6.45, 7) is 3.70. The van der Waals surface area contributed by atoms with Crippen LogP contribution in [0, 0.1) is 18.3 Å². The van der Waals surface area contributed by atoms with Gasteiger partial charge in [-0.15, -0.1) is 0 Å². The number of aryl methyl sites for hydroxylation is 2. The van der Waals surface area contributed by atoms with Crippen LogP contribution in [0.1, 0.15) is 40.2 Å². The molecule has 9 nitrogen and oxygen atoms in total. The van der Waals surface area contributed by atoms with Gasteiger partial charge in [0.25, 0.3) is 0 Å². The van der Waals surface area contributed by atoms with Crippen LogP contribution in [0.2, 0.25) is 0 Å². The lowest BCUT2D eigenvalue weighted by atomic mass is 9.84. The molecule has 4 aromatic carbocycles. The molecule has 4 aromatic rings. The number of carbonyl (C=O) groups excluding carboxylic acids is 2. The van der Waals surface area contributed by atoms with E-state index in [0.717, 1.165) is 34.4 Å². The Labute approximate surface area is 275 Å². The Morgan fingerprint density at radius 1 is 0.936 bits per heavy atom. The van der Waals surface area contributed by atoms with Gasteiger partial charge in [0, 0.05) is 24.7 Å². The molecule has 5 rings (SSSR count). The second kappa shape index (κ2) is 16.4. The van der Waals surface area contributed by atoms with Gasteiger partial charge in [-0.25, -0.2) is 4.79 Å². The highest BCUT2D eigenvalue weighted by molar-refractivity contribution is 5.98. The van der Waals surface area contributed by atoms with Gasteiger partial charge < -0.3 is 30.2 Å². The van der Waals surface area contributed by atoms with Crippen LogP contribution in [0.3, 0.4) is 0 Å². The molecular weight excluding hydrogens is 592 g/mol. The maximum atomic E-state index is 14.1. The monoisotopic (exact) mass is 632 g/mol. The van der Waals surface area contributed by atoms with Crippen LogP contribution in [-0.4, -0.2) is 57.1 Å². The number of hydrogen-bond donors (Lipinski definition) is 3. The summed E-state index contributed by atoms with van der Waals surface area (Å²) in [5, 5.41) is 18.5. The lowest BCUT2D eigenvalue weighted by Crippen LogP contribution is -2.48. The predicted molar refractivity (Wildman–Crippen MR) is 180 cm³/mol. The number of alkyl carbamates (subject to hydrolysis) is 1. The number of hydrogen-bond acceptors (Lipinski definition) is 7. The number of morpholine rings is 1. The highest BCUT2D eigenvalue weighted by Crippen LogP contribution is 2.30. The van der Waals surface area contributed by atoms with Gasteiger partial charge in [-0.1, -0.05) is 78.9 Å². The number of rotatable bonds is 12. The first-order valence-corrected chi connectivity index (χ1v) is 15.8. The first kappa shape index (κ1) is 33.2. The molecule has 3 N–H and O–H groups in total. The van der Waals surface area contributed by atoms with Crippen LogP contribution in [0.25, 0.3) is 0 Å². The third-order valence-corrected chi connectivity index (χ3v) is 8.26. The van der Waals surface area contributed by atoms with Gasteiger partial charge >= 0.3 is 6.09 Å². The average molecular weight is 633 g/mol. The minimum atomic E-state index is -0.952. The number of benzene rings is 4. The molecule has 0 bridgehead atoms. The maximum Gasteiger partial charge on any atom is 0.407 e. The van der Waals surface area contributed by atoms with Gasteiger partial charge in [0.15, 0.2) is 0 Å². The molecular formula is C38H40N4O5. The van der Waals surface area contributed by atoms with E-state index in [1.54, 1.807) is 6.07 Å². The van der Waals surface area contributed by atoms with Crippen molar-refractivity contribution >= 4 is 17.7 Å². The number of nitriles is 1. The molecule has 0 radical (unpaired) electrons. The molecule has 0 spiro atoms. The summed E-state index contributed by atoms with van der Waals surface area (Å²) in [6, 6.07) is 33.6. The molecule has 1 aliphatic rings. The molecule has 47 heavy (non-hydrogen) atoms. The van der Waals surface area contributed by atoms with Crippen LogP contribution >= 0.6 is 0 Å². The zero-order valence-corrected chi connectivity index (χ0v) is 26.6. The molecule has 1 unspecified atom stereocenters. The van der Waals surface area contributed by atoms with Crippen molar-refractivity contribution in [1.82, 2.24) is 10.6 Å². The zero-order chi connectivity index (χ0) is 33.0. The van der Waals surface area contributed by atoms with Crippen molar-refractivity contribution < 1.29 is 23.8 Å². The molecule has 3 atom stereocenters. The molecule has 1 saturated heterocycles. The van der Waals surface area contributed by atoms with Gasteiger partial charge in [-0.05, 0) is 66.3 Å². The van der Waals surface area contributed by atoms with Gasteiger partial charge in [0.1, 0.15) is 24.5 Å². The fourth-order valence-electron chi connectivity index (χ4n) is 5.88. The highest BCUT2D eigenvalue weighted by Gasteiger charge is 2.33. The van der Waals surface area contributed by atoms with Crippen molar-refractivity contribution in [2.24, 2.45) is 0 Å². The fraction of sp³-hybridized carbons (Fsp3) is 0.289. The van der Waals surface area contributed by atoms with Crippen molar-refractivity contribution in [3.8, 4) is 11.8 Å². The van der Waals surface area contributed by atoms with Gasteiger partial charge in [0.2, 0.25) is 5.91 Å². The van der Waals surface area contributed by atoms with E-state index in [1.807, 2.05) is 104 Å². The van der Waals surface area contributed by atoms with Crippen molar-refractivity contribution in [2.45, 2.75) is 43.9 Å². The van der Waals surface area contributed by atoms with E-state index >= 15 is 0 Å². The van der Waals surface area contributed by atoms with E-state index in [1.165, 1.54) is 7.11 Å². The summed E-state index contributed by atoms with van der Waals surface area (Å²) < 4.78 is 17.3. The molecule has 0 aromatic heterocycles. The number of anilines is 1. The quantitative estimate of drug-likeness (QED) is 0.182. The van der Waals surface area contributed by atoms with Gasteiger partial charge in [-0.2, -0.15) is 5.26 Å². The van der Waals surface area contributed by atoms with Crippen LogP contribution in [0.4, 0.5) is 10.5 Å². The van der Waals surface area contributed by atoms with Gasteiger partial charge in [0.05, 0.1) is 24.8 Å². The summed E-state index contributed by atoms with van der Waals surface area (Å²) in [5.74, 6) is -0.0785. The number of para-hydroxylation sites is 1. The Morgan fingerprint density at radius 3 is 2.26 bits per heavy atom. The minimum absolute atomic E-state index is 0.0440. The van der Waals surface area contributed by atoms with Crippen molar-refractivity contribution in [3.05, 3.63) is 131 Å². The summed E-state index contributed by atoms with van der Waals surface area (Å²) >= 11 is 0. The second-order valence-corrected chi connectivity index (χ2v) is 11.5. The number of methoxy groups -OCH3 is 1. The Balaban J connectivity index is 1.26. The Kier molecular flexibility index (Phi) is 11.6.